The predicted molar refractivity (Wildman–Crippen MR) is 70.5 cm³/mol. The van der Waals surface area contributed by atoms with Gasteiger partial charge in [0.1, 0.15) is 0 Å². The second kappa shape index (κ2) is 5.02. The number of ether oxygens (including phenoxy) is 1. The largest absolute Gasteiger partial charge is 0.375 e. The van der Waals surface area contributed by atoms with E-state index in [1.807, 2.05) is 17.9 Å². The van der Waals surface area contributed by atoms with Crippen LogP contribution < -0.4 is 5.32 Å². The maximum atomic E-state index is 5.95. The molecule has 0 bridgehead atoms. The van der Waals surface area contributed by atoms with Crippen LogP contribution in [0.2, 0.25) is 0 Å². The second-order valence-corrected chi connectivity index (χ2v) is 5.80. The molecule has 1 saturated heterocycles. The van der Waals surface area contributed by atoms with Gasteiger partial charge in [-0.1, -0.05) is 0 Å². The number of nitrogens with zero attached hydrogens (tertiary/aromatic N) is 2. The highest BCUT2D eigenvalue weighted by atomic mass is 16.5. The maximum absolute atomic E-state index is 5.95. The third kappa shape index (κ3) is 2.59. The van der Waals surface area contributed by atoms with Gasteiger partial charge in [-0.25, -0.2) is 0 Å². The van der Waals surface area contributed by atoms with Gasteiger partial charge in [0.05, 0.1) is 11.8 Å². The molecular formula is C14H23N3O. The molecule has 1 spiro atoms. The van der Waals surface area contributed by atoms with E-state index in [1.165, 1.54) is 31.2 Å². The summed E-state index contributed by atoms with van der Waals surface area (Å²) in [6, 6.07) is 0.649. The van der Waals surface area contributed by atoms with E-state index in [4.69, 9.17) is 4.74 Å². The first-order chi connectivity index (χ1) is 8.76. The van der Waals surface area contributed by atoms with Crippen molar-refractivity contribution in [1.29, 1.82) is 0 Å². The zero-order valence-corrected chi connectivity index (χ0v) is 11.2. The summed E-state index contributed by atoms with van der Waals surface area (Å²) in [5.41, 5.74) is 1.57. The molecule has 1 atom stereocenters. The normalized spacial score (nSPS) is 26.2. The molecule has 100 valence electrons. The van der Waals surface area contributed by atoms with Gasteiger partial charge in [0.2, 0.25) is 0 Å². The van der Waals surface area contributed by atoms with Crippen molar-refractivity contribution < 1.29 is 4.74 Å². The van der Waals surface area contributed by atoms with Gasteiger partial charge in [0, 0.05) is 25.9 Å². The first kappa shape index (κ1) is 12.2. The quantitative estimate of drug-likeness (QED) is 0.882. The highest BCUT2D eigenvalue weighted by molar-refractivity contribution is 5.04. The van der Waals surface area contributed by atoms with E-state index < -0.39 is 0 Å². The lowest BCUT2D eigenvalue weighted by molar-refractivity contribution is -0.135. The summed E-state index contributed by atoms with van der Waals surface area (Å²) < 4.78 is 7.81. The van der Waals surface area contributed by atoms with Gasteiger partial charge in [-0.3, -0.25) is 4.68 Å². The van der Waals surface area contributed by atoms with E-state index in [0.29, 0.717) is 6.04 Å². The molecule has 1 unspecified atom stereocenters. The van der Waals surface area contributed by atoms with E-state index in [0.717, 1.165) is 26.0 Å². The SMILES string of the molecule is Cn1cc(CCNC2CCOC3(CCC3)C2)cn1. The zero-order valence-electron chi connectivity index (χ0n) is 11.2. The third-order valence-electron chi connectivity index (χ3n) is 4.36. The van der Waals surface area contributed by atoms with Crippen molar-refractivity contribution in [2.24, 2.45) is 7.05 Å². The molecule has 2 fully saturated rings. The summed E-state index contributed by atoms with van der Waals surface area (Å²) in [4.78, 5) is 0. The summed E-state index contributed by atoms with van der Waals surface area (Å²) in [5.74, 6) is 0. The minimum atomic E-state index is 0.254. The van der Waals surface area contributed by atoms with Crippen LogP contribution in [0.5, 0.6) is 0 Å². The van der Waals surface area contributed by atoms with Gasteiger partial charge in [0.15, 0.2) is 0 Å². The molecule has 4 heteroatoms. The standard InChI is InChI=1S/C14H23N3O/c1-17-11-12(10-16-17)3-7-15-13-4-8-18-14(9-13)5-2-6-14/h10-11,13,15H,2-9H2,1H3. The second-order valence-electron chi connectivity index (χ2n) is 5.80. The Morgan fingerprint density at radius 3 is 3.11 bits per heavy atom. The van der Waals surface area contributed by atoms with Crippen LogP contribution in [0.4, 0.5) is 0 Å². The Labute approximate surface area is 109 Å². The van der Waals surface area contributed by atoms with Crippen molar-refractivity contribution in [3.8, 4) is 0 Å². The summed E-state index contributed by atoms with van der Waals surface area (Å²) in [6.45, 7) is 1.98. The molecule has 0 radical (unpaired) electrons. The molecule has 0 amide bonds. The smallest absolute Gasteiger partial charge is 0.0697 e. The molecule has 1 aliphatic carbocycles. The van der Waals surface area contributed by atoms with Gasteiger partial charge >= 0.3 is 0 Å². The van der Waals surface area contributed by atoms with Crippen LogP contribution >= 0.6 is 0 Å². The van der Waals surface area contributed by atoms with E-state index in [-0.39, 0.29) is 5.60 Å². The molecule has 0 aromatic carbocycles. The average Bonchev–Trinajstić information content (AvgIpc) is 2.74. The van der Waals surface area contributed by atoms with Crippen LogP contribution in [0.25, 0.3) is 0 Å². The van der Waals surface area contributed by atoms with Crippen LogP contribution in [0, 0.1) is 0 Å². The van der Waals surface area contributed by atoms with E-state index >= 15 is 0 Å². The zero-order chi connectivity index (χ0) is 12.4. The number of aromatic nitrogens is 2. The first-order valence-corrected chi connectivity index (χ1v) is 7.11. The molecule has 2 heterocycles. The Balaban J connectivity index is 1.43. The molecule has 2 aliphatic rings. The number of rotatable bonds is 4. The van der Waals surface area contributed by atoms with Crippen molar-refractivity contribution in [3.63, 3.8) is 0 Å². The summed E-state index contributed by atoms with van der Waals surface area (Å²) in [6.07, 6.45) is 11.4. The summed E-state index contributed by atoms with van der Waals surface area (Å²) in [5, 5.41) is 7.88. The molecule has 1 aromatic rings. The Morgan fingerprint density at radius 2 is 2.44 bits per heavy atom. The summed E-state index contributed by atoms with van der Waals surface area (Å²) in [7, 11) is 1.97. The van der Waals surface area contributed by atoms with Crippen LogP contribution in [-0.2, 0) is 18.2 Å². The Bertz CT molecular complexity index is 397. The predicted octanol–water partition coefficient (Wildman–Crippen LogP) is 1.65. The maximum Gasteiger partial charge on any atom is 0.0697 e. The van der Waals surface area contributed by atoms with Crippen LogP contribution in [-0.4, -0.2) is 34.6 Å². The van der Waals surface area contributed by atoms with Gasteiger partial charge in [0.25, 0.3) is 0 Å². The highest BCUT2D eigenvalue weighted by Crippen LogP contribution is 2.42. The van der Waals surface area contributed by atoms with Crippen LogP contribution in [0.3, 0.4) is 0 Å². The molecule has 3 rings (SSSR count). The number of hydrogen-bond donors (Lipinski definition) is 1. The van der Waals surface area contributed by atoms with Crippen LogP contribution in [0.1, 0.15) is 37.7 Å². The Kier molecular flexibility index (Phi) is 3.39. The molecule has 18 heavy (non-hydrogen) atoms. The molecule has 1 saturated carbocycles. The van der Waals surface area contributed by atoms with E-state index in [9.17, 15) is 0 Å². The monoisotopic (exact) mass is 249 g/mol. The Hall–Kier alpha value is -0.870. The minimum absolute atomic E-state index is 0.254. The van der Waals surface area contributed by atoms with E-state index in [1.54, 1.807) is 0 Å². The van der Waals surface area contributed by atoms with Crippen molar-refractivity contribution >= 4 is 0 Å². The molecular weight excluding hydrogens is 226 g/mol. The van der Waals surface area contributed by atoms with Crippen molar-refractivity contribution in [1.82, 2.24) is 15.1 Å². The fourth-order valence-electron chi connectivity index (χ4n) is 3.14. The Morgan fingerprint density at radius 1 is 1.56 bits per heavy atom. The first-order valence-electron chi connectivity index (χ1n) is 7.11. The van der Waals surface area contributed by atoms with Gasteiger partial charge in [-0.2, -0.15) is 5.10 Å². The minimum Gasteiger partial charge on any atom is -0.375 e. The topological polar surface area (TPSA) is 39.1 Å². The van der Waals surface area contributed by atoms with Gasteiger partial charge < -0.3 is 10.1 Å². The van der Waals surface area contributed by atoms with Crippen molar-refractivity contribution in [2.75, 3.05) is 13.2 Å². The lowest BCUT2D eigenvalue weighted by atomic mass is 9.74. The number of nitrogens with one attached hydrogen (secondary N) is 1. The number of hydrogen-bond acceptors (Lipinski definition) is 3. The van der Waals surface area contributed by atoms with E-state index in [2.05, 4.69) is 16.6 Å². The lowest BCUT2D eigenvalue weighted by Crippen LogP contribution is -2.51. The number of aryl methyl sites for hydroxylation is 1. The lowest BCUT2D eigenvalue weighted by Gasteiger charge is -2.47. The fraction of sp³-hybridized carbons (Fsp3) is 0.786. The summed E-state index contributed by atoms with van der Waals surface area (Å²) >= 11 is 0. The van der Waals surface area contributed by atoms with Gasteiger partial charge in [-0.05, 0) is 50.6 Å². The third-order valence-corrected chi connectivity index (χ3v) is 4.36. The average molecular weight is 249 g/mol. The van der Waals surface area contributed by atoms with Crippen LogP contribution in [0.15, 0.2) is 12.4 Å². The van der Waals surface area contributed by atoms with Crippen molar-refractivity contribution in [3.05, 3.63) is 18.0 Å². The molecule has 1 aliphatic heterocycles. The van der Waals surface area contributed by atoms with Crippen molar-refractivity contribution in [2.45, 2.75) is 50.2 Å². The highest BCUT2D eigenvalue weighted by Gasteiger charge is 2.42. The molecule has 1 N–H and O–H groups in total. The molecule has 1 aromatic heterocycles. The fourth-order valence-corrected chi connectivity index (χ4v) is 3.14. The van der Waals surface area contributed by atoms with Gasteiger partial charge in [-0.15, -0.1) is 0 Å². The molecule has 4 nitrogen and oxygen atoms in total.